The van der Waals surface area contributed by atoms with Gasteiger partial charge in [-0.3, -0.25) is 0 Å². The normalized spacial score (nSPS) is 13.8. The van der Waals surface area contributed by atoms with Gasteiger partial charge in [-0.25, -0.2) is 0 Å². The SMILES string of the molecule is COCCCN(C)CC(O)CCl. The smallest absolute Gasteiger partial charge is 0.0802 e. The molecule has 0 rings (SSSR count). The Kier molecular flexibility index (Phi) is 7.91. The molecular formula is C8H18ClNO2. The highest BCUT2D eigenvalue weighted by Crippen LogP contribution is 1.93. The number of nitrogens with zero attached hydrogens (tertiary/aromatic N) is 1. The summed E-state index contributed by atoms with van der Waals surface area (Å²) in [6.45, 7) is 2.33. The second-order valence-corrected chi connectivity index (χ2v) is 3.23. The molecule has 1 N–H and O–H groups in total. The van der Waals surface area contributed by atoms with E-state index in [4.69, 9.17) is 16.3 Å². The molecule has 0 aliphatic carbocycles. The first-order valence-corrected chi connectivity index (χ1v) is 4.65. The molecule has 0 spiro atoms. The zero-order valence-corrected chi connectivity index (χ0v) is 8.55. The number of halogens is 1. The molecule has 74 valence electrons. The molecule has 12 heavy (non-hydrogen) atoms. The maximum Gasteiger partial charge on any atom is 0.0802 e. The third-order valence-corrected chi connectivity index (χ3v) is 1.95. The Hall–Kier alpha value is 0.170. The molecule has 0 aliphatic heterocycles. The van der Waals surface area contributed by atoms with Gasteiger partial charge in [-0.1, -0.05) is 0 Å². The maximum atomic E-state index is 9.18. The number of hydrogen-bond donors (Lipinski definition) is 1. The third kappa shape index (κ3) is 6.85. The first-order valence-electron chi connectivity index (χ1n) is 4.12. The van der Waals surface area contributed by atoms with Crippen LogP contribution in [0.1, 0.15) is 6.42 Å². The van der Waals surface area contributed by atoms with Crippen LogP contribution >= 0.6 is 11.6 Å². The van der Waals surface area contributed by atoms with Crippen molar-refractivity contribution in [2.45, 2.75) is 12.5 Å². The van der Waals surface area contributed by atoms with Crippen LogP contribution in [0.2, 0.25) is 0 Å². The molecule has 0 saturated carbocycles. The summed E-state index contributed by atoms with van der Waals surface area (Å²) in [6.07, 6.45) is 0.571. The highest BCUT2D eigenvalue weighted by Gasteiger charge is 2.05. The van der Waals surface area contributed by atoms with E-state index in [1.165, 1.54) is 0 Å². The topological polar surface area (TPSA) is 32.7 Å². The average molecular weight is 196 g/mol. The van der Waals surface area contributed by atoms with E-state index in [2.05, 4.69) is 0 Å². The fourth-order valence-corrected chi connectivity index (χ4v) is 1.08. The van der Waals surface area contributed by atoms with Crippen molar-refractivity contribution in [2.75, 3.05) is 39.7 Å². The summed E-state index contributed by atoms with van der Waals surface area (Å²) < 4.78 is 4.91. The van der Waals surface area contributed by atoms with Gasteiger partial charge in [-0.2, -0.15) is 0 Å². The molecule has 1 unspecified atom stereocenters. The minimum atomic E-state index is -0.417. The number of hydrogen-bond acceptors (Lipinski definition) is 3. The molecule has 0 bridgehead atoms. The summed E-state index contributed by atoms with van der Waals surface area (Å²) in [4.78, 5) is 2.05. The van der Waals surface area contributed by atoms with Crippen molar-refractivity contribution in [3.05, 3.63) is 0 Å². The lowest BCUT2D eigenvalue weighted by Crippen LogP contribution is -2.31. The van der Waals surface area contributed by atoms with Crippen molar-refractivity contribution in [1.82, 2.24) is 4.90 Å². The molecule has 0 fully saturated rings. The largest absolute Gasteiger partial charge is 0.391 e. The summed E-state index contributed by atoms with van der Waals surface area (Å²) >= 11 is 5.46. The zero-order chi connectivity index (χ0) is 9.40. The lowest BCUT2D eigenvalue weighted by Gasteiger charge is -2.18. The van der Waals surface area contributed by atoms with Crippen molar-refractivity contribution < 1.29 is 9.84 Å². The Balaban J connectivity index is 3.26. The number of likely N-dealkylation sites (N-methyl/N-ethyl adjacent to an activating group) is 1. The highest BCUT2D eigenvalue weighted by atomic mass is 35.5. The van der Waals surface area contributed by atoms with Gasteiger partial charge in [0.25, 0.3) is 0 Å². The van der Waals surface area contributed by atoms with Crippen molar-refractivity contribution in [3.8, 4) is 0 Å². The number of aliphatic hydroxyl groups is 1. The summed E-state index contributed by atoms with van der Waals surface area (Å²) in [6, 6.07) is 0. The van der Waals surface area contributed by atoms with E-state index >= 15 is 0 Å². The molecule has 0 aromatic rings. The Labute approximate surface area is 79.3 Å². The summed E-state index contributed by atoms with van der Waals surface area (Å²) in [5.41, 5.74) is 0. The van der Waals surface area contributed by atoms with Gasteiger partial charge in [0.15, 0.2) is 0 Å². The van der Waals surface area contributed by atoms with Gasteiger partial charge in [0, 0.05) is 32.7 Å². The Morgan fingerprint density at radius 1 is 1.58 bits per heavy atom. The van der Waals surface area contributed by atoms with Crippen LogP contribution in [0, 0.1) is 0 Å². The fraction of sp³-hybridized carbons (Fsp3) is 1.00. The van der Waals surface area contributed by atoms with Crippen LogP contribution in [0.25, 0.3) is 0 Å². The van der Waals surface area contributed by atoms with E-state index in [1.807, 2.05) is 11.9 Å². The molecule has 0 radical (unpaired) electrons. The van der Waals surface area contributed by atoms with E-state index in [0.717, 1.165) is 19.6 Å². The molecule has 0 saturated heterocycles. The number of rotatable bonds is 7. The van der Waals surface area contributed by atoms with Gasteiger partial charge < -0.3 is 14.7 Å². The summed E-state index contributed by atoms with van der Waals surface area (Å²) in [5.74, 6) is 0.300. The molecule has 1 atom stereocenters. The van der Waals surface area contributed by atoms with Gasteiger partial charge in [0.05, 0.1) is 6.10 Å². The minimum absolute atomic E-state index is 0.300. The lowest BCUT2D eigenvalue weighted by molar-refractivity contribution is 0.131. The molecule has 4 heteroatoms. The Morgan fingerprint density at radius 2 is 2.25 bits per heavy atom. The first kappa shape index (κ1) is 12.2. The van der Waals surface area contributed by atoms with E-state index in [0.29, 0.717) is 12.4 Å². The number of methoxy groups -OCH3 is 1. The number of ether oxygens (including phenoxy) is 1. The van der Waals surface area contributed by atoms with Gasteiger partial charge in [-0.15, -0.1) is 11.6 Å². The van der Waals surface area contributed by atoms with E-state index in [1.54, 1.807) is 7.11 Å². The van der Waals surface area contributed by atoms with E-state index < -0.39 is 6.10 Å². The highest BCUT2D eigenvalue weighted by molar-refractivity contribution is 6.18. The van der Waals surface area contributed by atoms with E-state index in [9.17, 15) is 5.11 Å². The van der Waals surface area contributed by atoms with Crippen molar-refractivity contribution >= 4 is 11.6 Å². The Bertz CT molecular complexity index is 103. The van der Waals surface area contributed by atoms with Gasteiger partial charge in [0.2, 0.25) is 0 Å². The van der Waals surface area contributed by atoms with Crippen LogP contribution in [0.15, 0.2) is 0 Å². The standard InChI is InChI=1S/C8H18ClNO2/c1-10(4-3-5-12-2)7-8(11)6-9/h8,11H,3-7H2,1-2H3. The third-order valence-electron chi connectivity index (χ3n) is 1.59. The van der Waals surface area contributed by atoms with Crippen LogP contribution in [-0.4, -0.2) is 55.8 Å². The van der Waals surface area contributed by atoms with Crippen molar-refractivity contribution in [3.63, 3.8) is 0 Å². The summed E-state index contributed by atoms with van der Waals surface area (Å²) in [7, 11) is 3.65. The van der Waals surface area contributed by atoms with Gasteiger partial charge >= 0.3 is 0 Å². The summed E-state index contributed by atoms with van der Waals surface area (Å²) in [5, 5.41) is 9.18. The van der Waals surface area contributed by atoms with Crippen LogP contribution in [0.4, 0.5) is 0 Å². The second-order valence-electron chi connectivity index (χ2n) is 2.92. The van der Waals surface area contributed by atoms with Crippen LogP contribution in [0.5, 0.6) is 0 Å². The molecule has 0 aliphatic rings. The van der Waals surface area contributed by atoms with Crippen molar-refractivity contribution in [2.24, 2.45) is 0 Å². The molecule has 0 aromatic heterocycles. The predicted molar refractivity (Wildman–Crippen MR) is 50.7 cm³/mol. The lowest BCUT2D eigenvalue weighted by atomic mass is 10.3. The number of alkyl halides is 1. The monoisotopic (exact) mass is 195 g/mol. The maximum absolute atomic E-state index is 9.18. The molecule has 0 heterocycles. The van der Waals surface area contributed by atoms with E-state index in [-0.39, 0.29) is 0 Å². The molecule has 0 amide bonds. The molecule has 0 aromatic carbocycles. The van der Waals surface area contributed by atoms with Crippen LogP contribution in [0.3, 0.4) is 0 Å². The van der Waals surface area contributed by atoms with Crippen molar-refractivity contribution in [1.29, 1.82) is 0 Å². The van der Waals surface area contributed by atoms with Crippen LogP contribution < -0.4 is 0 Å². The van der Waals surface area contributed by atoms with Gasteiger partial charge in [0.1, 0.15) is 0 Å². The molecular weight excluding hydrogens is 178 g/mol. The quantitative estimate of drug-likeness (QED) is 0.476. The molecule has 3 nitrogen and oxygen atoms in total. The van der Waals surface area contributed by atoms with Gasteiger partial charge in [-0.05, 0) is 13.5 Å². The average Bonchev–Trinajstić information content (AvgIpc) is 2.05. The fourth-order valence-electron chi connectivity index (χ4n) is 0.979. The second kappa shape index (κ2) is 7.80. The Morgan fingerprint density at radius 3 is 2.75 bits per heavy atom. The first-order chi connectivity index (χ1) is 5.70. The predicted octanol–water partition coefficient (Wildman–Crippen LogP) is 0.554. The van der Waals surface area contributed by atoms with Crippen LogP contribution in [-0.2, 0) is 4.74 Å². The minimum Gasteiger partial charge on any atom is -0.391 e. The number of aliphatic hydroxyl groups excluding tert-OH is 1. The zero-order valence-electron chi connectivity index (χ0n) is 7.79.